The fourth-order valence-corrected chi connectivity index (χ4v) is 0.788. The molecule has 0 saturated heterocycles. The first-order chi connectivity index (χ1) is 4.26. The van der Waals surface area contributed by atoms with E-state index in [9.17, 15) is 5.11 Å². The molecule has 1 radical (unpaired) electrons. The van der Waals surface area contributed by atoms with Gasteiger partial charge in [0.1, 0.15) is 6.73 Å². The summed E-state index contributed by atoms with van der Waals surface area (Å²) in [4.78, 5) is 1.92. The van der Waals surface area contributed by atoms with Crippen molar-refractivity contribution in [3.63, 3.8) is 0 Å². The zero-order valence-corrected chi connectivity index (χ0v) is 6.55. The molecule has 9 heavy (non-hydrogen) atoms. The van der Waals surface area contributed by atoms with Gasteiger partial charge >= 0.3 is 0 Å². The molecule has 0 spiro atoms. The van der Waals surface area contributed by atoms with E-state index >= 15 is 0 Å². The fourth-order valence-electron chi connectivity index (χ4n) is 0.788. The van der Waals surface area contributed by atoms with Crippen LogP contribution in [0.5, 0.6) is 0 Å². The summed E-state index contributed by atoms with van der Waals surface area (Å²) in [7, 11) is 0. The average Bonchev–Trinajstić information content (AvgIpc) is 1.90. The lowest BCUT2D eigenvalue weighted by molar-refractivity contribution is 0.0291. The normalized spacial score (nSPS) is 14.3. The van der Waals surface area contributed by atoms with Gasteiger partial charge in [0.15, 0.2) is 0 Å². The van der Waals surface area contributed by atoms with Crippen molar-refractivity contribution in [2.45, 2.75) is 33.2 Å². The monoisotopic (exact) mass is 130 g/mol. The first kappa shape index (κ1) is 8.92. The Kier molecular flexibility index (Phi) is 4.72. The van der Waals surface area contributed by atoms with Crippen molar-refractivity contribution in [3.05, 3.63) is 0 Å². The first-order valence-electron chi connectivity index (χ1n) is 3.58. The van der Waals surface area contributed by atoms with E-state index in [0.29, 0.717) is 6.04 Å². The highest BCUT2D eigenvalue weighted by molar-refractivity contribution is 4.58. The molecule has 55 valence electrons. The molecule has 0 bridgehead atoms. The molecule has 2 heteroatoms. The van der Waals surface area contributed by atoms with E-state index in [1.807, 2.05) is 11.8 Å². The molecule has 0 aliphatic rings. The largest absolute Gasteiger partial charge is 0.276 e. The zero-order valence-electron chi connectivity index (χ0n) is 6.55. The van der Waals surface area contributed by atoms with Gasteiger partial charge < -0.3 is 0 Å². The van der Waals surface area contributed by atoms with Gasteiger partial charge in [0, 0.05) is 6.04 Å². The molecular weight excluding hydrogens is 114 g/mol. The predicted molar refractivity (Wildman–Crippen MR) is 37.7 cm³/mol. The van der Waals surface area contributed by atoms with Crippen molar-refractivity contribution in [2.24, 2.45) is 0 Å². The molecule has 1 atom stereocenters. The molecule has 0 rings (SSSR count). The maximum atomic E-state index is 10.4. The summed E-state index contributed by atoms with van der Waals surface area (Å²) in [5.41, 5.74) is 0. The molecule has 0 aliphatic heterocycles. The third kappa shape index (κ3) is 2.82. The Labute approximate surface area is 57.5 Å². The van der Waals surface area contributed by atoms with Crippen molar-refractivity contribution >= 4 is 0 Å². The lowest BCUT2D eigenvalue weighted by atomic mass is 10.2. The van der Waals surface area contributed by atoms with Crippen LogP contribution in [0.2, 0.25) is 0 Å². The molecule has 0 saturated carbocycles. The summed E-state index contributed by atoms with van der Waals surface area (Å²) in [5, 5.41) is 10.4. The van der Waals surface area contributed by atoms with Gasteiger partial charge in [0.05, 0.1) is 0 Å². The molecule has 0 aliphatic carbocycles. The Balaban J connectivity index is 3.50. The Morgan fingerprint density at radius 1 is 1.44 bits per heavy atom. The number of nitrogens with zero attached hydrogens (tertiary/aromatic N) is 1. The quantitative estimate of drug-likeness (QED) is 0.529. The first-order valence-corrected chi connectivity index (χ1v) is 3.58. The Hall–Kier alpha value is -0.0800. The molecule has 1 unspecified atom stereocenters. The molecule has 0 aromatic carbocycles. The second kappa shape index (κ2) is 4.77. The predicted octanol–water partition coefficient (Wildman–Crippen LogP) is 1.49. The van der Waals surface area contributed by atoms with Gasteiger partial charge in [-0.05, 0) is 19.9 Å². The number of hydrogen-bond acceptors (Lipinski definition) is 1. The van der Waals surface area contributed by atoms with E-state index in [1.54, 1.807) is 0 Å². The van der Waals surface area contributed by atoms with E-state index in [0.717, 1.165) is 13.0 Å². The average molecular weight is 130 g/mol. The SMILES string of the molecule is CCC(C)N(CC)C[O]. The highest BCUT2D eigenvalue weighted by atomic mass is 16.3. The van der Waals surface area contributed by atoms with Crippen LogP contribution in [-0.2, 0) is 5.11 Å². The van der Waals surface area contributed by atoms with Crippen molar-refractivity contribution < 1.29 is 5.11 Å². The molecule has 0 aromatic heterocycles. The summed E-state index contributed by atoms with van der Waals surface area (Å²) < 4.78 is 0. The van der Waals surface area contributed by atoms with Gasteiger partial charge in [-0.25, -0.2) is 5.11 Å². The van der Waals surface area contributed by atoms with E-state index < -0.39 is 0 Å². The molecule has 0 heterocycles. The molecular formula is C7H16NO. The third-order valence-electron chi connectivity index (χ3n) is 1.79. The van der Waals surface area contributed by atoms with Crippen LogP contribution in [0, 0.1) is 0 Å². The van der Waals surface area contributed by atoms with Gasteiger partial charge in [0.25, 0.3) is 0 Å². The molecule has 2 nitrogen and oxygen atoms in total. The third-order valence-corrected chi connectivity index (χ3v) is 1.79. The standard InChI is InChI=1S/C7H16NO/c1-4-7(3)8(5-2)6-9/h7H,4-6H2,1-3H3. The maximum absolute atomic E-state index is 10.4. The van der Waals surface area contributed by atoms with Crippen LogP contribution < -0.4 is 0 Å². The van der Waals surface area contributed by atoms with Crippen LogP contribution in [0.15, 0.2) is 0 Å². The summed E-state index contributed by atoms with van der Waals surface area (Å²) in [6, 6.07) is 0.451. The number of rotatable bonds is 4. The van der Waals surface area contributed by atoms with Crippen molar-refractivity contribution in [3.8, 4) is 0 Å². The maximum Gasteiger partial charge on any atom is 0.135 e. The Morgan fingerprint density at radius 3 is 2.11 bits per heavy atom. The summed E-state index contributed by atoms with van der Waals surface area (Å²) in [6.07, 6.45) is 1.07. The minimum atomic E-state index is -0.0640. The van der Waals surface area contributed by atoms with Crippen LogP contribution in [0.1, 0.15) is 27.2 Å². The minimum absolute atomic E-state index is 0.0640. The molecule has 0 N–H and O–H groups in total. The van der Waals surface area contributed by atoms with E-state index in [1.165, 1.54) is 0 Å². The van der Waals surface area contributed by atoms with Gasteiger partial charge in [-0.15, -0.1) is 0 Å². The molecule has 0 aromatic rings. The fraction of sp³-hybridized carbons (Fsp3) is 1.00. The van der Waals surface area contributed by atoms with Gasteiger partial charge in [-0.3, -0.25) is 4.90 Å². The van der Waals surface area contributed by atoms with Crippen molar-refractivity contribution in [1.82, 2.24) is 4.90 Å². The lowest BCUT2D eigenvalue weighted by Crippen LogP contribution is -2.32. The van der Waals surface area contributed by atoms with Crippen LogP contribution in [-0.4, -0.2) is 24.2 Å². The number of hydrogen-bond donors (Lipinski definition) is 0. The van der Waals surface area contributed by atoms with Gasteiger partial charge in [0.2, 0.25) is 0 Å². The van der Waals surface area contributed by atoms with E-state index in [-0.39, 0.29) is 6.73 Å². The second-order valence-corrected chi connectivity index (χ2v) is 2.29. The second-order valence-electron chi connectivity index (χ2n) is 2.29. The summed E-state index contributed by atoms with van der Waals surface area (Å²) in [5.74, 6) is 0. The highest BCUT2D eigenvalue weighted by Crippen LogP contribution is 2.00. The summed E-state index contributed by atoms with van der Waals surface area (Å²) >= 11 is 0. The van der Waals surface area contributed by atoms with Gasteiger partial charge in [-0.2, -0.15) is 0 Å². The Bertz CT molecular complexity index is 61.9. The van der Waals surface area contributed by atoms with Crippen LogP contribution in [0.4, 0.5) is 0 Å². The smallest absolute Gasteiger partial charge is 0.135 e. The summed E-state index contributed by atoms with van der Waals surface area (Å²) in [6.45, 7) is 7.01. The van der Waals surface area contributed by atoms with Crippen LogP contribution in [0.3, 0.4) is 0 Å². The van der Waals surface area contributed by atoms with Gasteiger partial charge in [-0.1, -0.05) is 13.8 Å². The van der Waals surface area contributed by atoms with E-state index in [4.69, 9.17) is 0 Å². The topological polar surface area (TPSA) is 23.1 Å². The highest BCUT2D eigenvalue weighted by Gasteiger charge is 2.07. The van der Waals surface area contributed by atoms with Crippen molar-refractivity contribution in [1.29, 1.82) is 0 Å². The Morgan fingerprint density at radius 2 is 2.00 bits per heavy atom. The lowest BCUT2D eigenvalue weighted by Gasteiger charge is -2.22. The minimum Gasteiger partial charge on any atom is -0.276 e. The molecule has 0 fully saturated rings. The van der Waals surface area contributed by atoms with Crippen LogP contribution in [0.25, 0.3) is 0 Å². The van der Waals surface area contributed by atoms with Crippen LogP contribution >= 0.6 is 0 Å². The van der Waals surface area contributed by atoms with E-state index in [2.05, 4.69) is 13.8 Å². The zero-order chi connectivity index (χ0) is 7.28. The van der Waals surface area contributed by atoms with Crippen molar-refractivity contribution in [2.75, 3.05) is 13.3 Å². The molecule has 0 amide bonds.